The van der Waals surface area contributed by atoms with Gasteiger partial charge in [0.15, 0.2) is 12.6 Å². The molecule has 0 bridgehead atoms. The van der Waals surface area contributed by atoms with Gasteiger partial charge in [-0.25, -0.2) is 5.11 Å². The maximum absolute atomic E-state index is 11.0. The second-order valence-electron chi connectivity index (χ2n) is 4.03. The first-order valence-corrected chi connectivity index (χ1v) is 5.45. The van der Waals surface area contributed by atoms with E-state index in [4.69, 9.17) is 20.1 Å². The van der Waals surface area contributed by atoms with E-state index >= 15 is 0 Å². The zero-order valence-electron chi connectivity index (χ0n) is 8.71. The molecule has 5 heteroatoms. The minimum absolute atomic E-state index is 0.0238. The lowest BCUT2D eigenvalue weighted by molar-refractivity contribution is -0.196. The number of aliphatic hydroxyl groups excluding tert-OH is 2. The van der Waals surface area contributed by atoms with Gasteiger partial charge in [-0.05, 0) is 32.1 Å². The molecule has 0 saturated carbocycles. The highest BCUT2D eigenvalue weighted by molar-refractivity contribution is 4.67. The van der Waals surface area contributed by atoms with Crippen LogP contribution in [0.5, 0.6) is 0 Å². The van der Waals surface area contributed by atoms with Crippen LogP contribution in [-0.4, -0.2) is 40.1 Å². The van der Waals surface area contributed by atoms with Crippen molar-refractivity contribution < 1.29 is 25.2 Å². The molecule has 0 amide bonds. The molecule has 3 N–H and O–H groups in total. The highest BCUT2D eigenvalue weighted by Gasteiger charge is 2.21. The van der Waals surface area contributed by atoms with Gasteiger partial charge in [-0.1, -0.05) is 0 Å². The van der Waals surface area contributed by atoms with Gasteiger partial charge in [-0.3, -0.25) is 0 Å². The van der Waals surface area contributed by atoms with Crippen molar-refractivity contribution in [2.24, 2.45) is 0 Å². The molecule has 1 radical (unpaired) electrons. The average molecular weight is 219 g/mol. The standard InChI is InChI=1S/C10H19O5/c11-8(10(13)14)5-1-3-7-4-2-6-9(12)15-7/h7-11,13-14H,1-6H2. The second-order valence-corrected chi connectivity index (χ2v) is 4.03. The van der Waals surface area contributed by atoms with E-state index in [1.807, 2.05) is 0 Å². The molecular weight excluding hydrogens is 200 g/mol. The van der Waals surface area contributed by atoms with Crippen molar-refractivity contribution in [3.63, 3.8) is 0 Å². The Hall–Kier alpha value is -0.200. The number of hydrogen-bond acceptors (Lipinski definition) is 4. The zero-order chi connectivity index (χ0) is 11.3. The Bertz CT molecular complexity index is 173. The van der Waals surface area contributed by atoms with E-state index in [2.05, 4.69) is 0 Å². The predicted octanol–water partition coefficient (Wildman–Crippen LogP) is 0.154. The third kappa shape index (κ3) is 4.90. The fraction of sp³-hybridized carbons (Fsp3) is 1.00. The van der Waals surface area contributed by atoms with Crippen LogP contribution in [0.4, 0.5) is 0 Å². The van der Waals surface area contributed by atoms with Crippen molar-refractivity contribution in [2.75, 3.05) is 0 Å². The molecule has 1 aliphatic rings. The minimum atomic E-state index is -1.68. The van der Waals surface area contributed by atoms with Crippen LogP contribution in [0.3, 0.4) is 0 Å². The highest BCUT2D eigenvalue weighted by Crippen LogP contribution is 2.22. The molecule has 0 spiro atoms. The topological polar surface area (TPSA) is 89.8 Å². The van der Waals surface area contributed by atoms with Crippen LogP contribution >= 0.6 is 0 Å². The number of ether oxygens (including phenoxy) is 1. The lowest BCUT2D eigenvalue weighted by Gasteiger charge is -2.25. The van der Waals surface area contributed by atoms with Crippen LogP contribution in [0, 0.1) is 0 Å². The van der Waals surface area contributed by atoms with Gasteiger partial charge < -0.3 is 20.1 Å². The van der Waals surface area contributed by atoms with E-state index < -0.39 is 18.7 Å². The first-order chi connectivity index (χ1) is 7.09. The Labute approximate surface area is 89.3 Å². The van der Waals surface area contributed by atoms with Crippen molar-refractivity contribution in [2.45, 2.75) is 63.3 Å². The maximum atomic E-state index is 11.0. The fourth-order valence-electron chi connectivity index (χ4n) is 1.78. The number of hydrogen-bond donors (Lipinski definition) is 3. The lowest BCUT2D eigenvalue weighted by Crippen LogP contribution is -2.28. The SMILES string of the molecule is [O]C1CCCC(CCCC(O)C(O)O)O1. The van der Waals surface area contributed by atoms with Gasteiger partial charge in [-0.15, -0.1) is 0 Å². The van der Waals surface area contributed by atoms with Crippen LogP contribution in [-0.2, 0) is 9.84 Å². The summed E-state index contributed by atoms with van der Waals surface area (Å²) < 4.78 is 5.17. The van der Waals surface area contributed by atoms with Crippen LogP contribution in [0.1, 0.15) is 38.5 Å². The van der Waals surface area contributed by atoms with Crippen molar-refractivity contribution in [3.8, 4) is 0 Å². The molecule has 1 fully saturated rings. The van der Waals surface area contributed by atoms with Crippen molar-refractivity contribution >= 4 is 0 Å². The molecule has 0 aromatic carbocycles. The summed E-state index contributed by atoms with van der Waals surface area (Å²) in [6.07, 6.45) is 0.303. The summed E-state index contributed by atoms with van der Waals surface area (Å²) in [6.45, 7) is 0. The summed E-state index contributed by atoms with van der Waals surface area (Å²) in [5.41, 5.74) is 0. The monoisotopic (exact) mass is 219 g/mol. The lowest BCUT2D eigenvalue weighted by atomic mass is 10.0. The molecule has 5 nitrogen and oxygen atoms in total. The van der Waals surface area contributed by atoms with E-state index in [1.54, 1.807) is 0 Å². The first-order valence-electron chi connectivity index (χ1n) is 5.45. The zero-order valence-corrected chi connectivity index (χ0v) is 8.71. The molecule has 0 aromatic rings. The quantitative estimate of drug-likeness (QED) is 0.574. The summed E-state index contributed by atoms with van der Waals surface area (Å²) in [5.74, 6) is 0. The predicted molar refractivity (Wildman–Crippen MR) is 51.3 cm³/mol. The average Bonchev–Trinajstić information content (AvgIpc) is 2.17. The highest BCUT2D eigenvalue weighted by atomic mass is 16.6. The molecular formula is C10H19O5. The number of aliphatic hydroxyl groups is 3. The molecule has 1 rings (SSSR count). The van der Waals surface area contributed by atoms with E-state index in [0.29, 0.717) is 25.7 Å². The number of rotatable bonds is 5. The third-order valence-electron chi connectivity index (χ3n) is 2.68. The summed E-state index contributed by atoms with van der Waals surface area (Å²) in [6, 6.07) is 0. The van der Waals surface area contributed by atoms with E-state index in [-0.39, 0.29) is 6.10 Å². The third-order valence-corrected chi connectivity index (χ3v) is 2.68. The molecule has 1 saturated heterocycles. The Kier molecular flexibility index (Phi) is 5.49. The maximum Gasteiger partial charge on any atom is 0.191 e. The van der Waals surface area contributed by atoms with Crippen LogP contribution in [0.2, 0.25) is 0 Å². The minimum Gasteiger partial charge on any atom is -0.388 e. The molecule has 89 valence electrons. The largest absolute Gasteiger partial charge is 0.388 e. The van der Waals surface area contributed by atoms with Crippen molar-refractivity contribution in [1.29, 1.82) is 0 Å². The van der Waals surface area contributed by atoms with Crippen LogP contribution in [0.15, 0.2) is 0 Å². The molecule has 1 aliphatic heterocycles. The Morgan fingerprint density at radius 1 is 1.27 bits per heavy atom. The van der Waals surface area contributed by atoms with Gasteiger partial charge in [0.05, 0.1) is 6.10 Å². The van der Waals surface area contributed by atoms with Gasteiger partial charge in [0.25, 0.3) is 0 Å². The molecule has 15 heavy (non-hydrogen) atoms. The molecule has 0 aromatic heterocycles. The normalized spacial score (nSPS) is 29.4. The first kappa shape index (κ1) is 12.9. The van der Waals surface area contributed by atoms with E-state index in [1.165, 1.54) is 0 Å². The van der Waals surface area contributed by atoms with Crippen molar-refractivity contribution in [1.82, 2.24) is 0 Å². The summed E-state index contributed by atoms with van der Waals surface area (Å²) in [4.78, 5) is 0. The van der Waals surface area contributed by atoms with E-state index in [9.17, 15) is 5.11 Å². The summed E-state index contributed by atoms with van der Waals surface area (Å²) in [7, 11) is 0. The van der Waals surface area contributed by atoms with Crippen LogP contribution in [0.25, 0.3) is 0 Å². The summed E-state index contributed by atoms with van der Waals surface area (Å²) >= 11 is 0. The van der Waals surface area contributed by atoms with Crippen LogP contribution < -0.4 is 0 Å². The second kappa shape index (κ2) is 6.40. The Morgan fingerprint density at radius 3 is 2.60 bits per heavy atom. The fourth-order valence-corrected chi connectivity index (χ4v) is 1.78. The van der Waals surface area contributed by atoms with E-state index in [0.717, 1.165) is 12.8 Å². The molecule has 3 unspecified atom stereocenters. The van der Waals surface area contributed by atoms with Gasteiger partial charge in [0.2, 0.25) is 0 Å². The molecule has 0 aliphatic carbocycles. The van der Waals surface area contributed by atoms with Crippen molar-refractivity contribution in [3.05, 3.63) is 0 Å². The molecule has 3 atom stereocenters. The smallest absolute Gasteiger partial charge is 0.191 e. The van der Waals surface area contributed by atoms with Gasteiger partial charge in [0, 0.05) is 6.42 Å². The Balaban J connectivity index is 2.09. The van der Waals surface area contributed by atoms with Gasteiger partial charge in [0.1, 0.15) is 6.10 Å². The van der Waals surface area contributed by atoms with Gasteiger partial charge >= 0.3 is 0 Å². The Morgan fingerprint density at radius 2 is 2.00 bits per heavy atom. The molecule has 1 heterocycles. The van der Waals surface area contributed by atoms with Gasteiger partial charge in [-0.2, -0.15) is 0 Å². The summed E-state index contributed by atoms with van der Waals surface area (Å²) in [5, 5.41) is 37.4.